The van der Waals surface area contributed by atoms with Gasteiger partial charge in [-0.3, -0.25) is 14.8 Å². The van der Waals surface area contributed by atoms with Gasteiger partial charge in [0.2, 0.25) is 5.88 Å². The number of hydrogen-bond donors (Lipinski definition) is 3. The number of rotatable bonds is 5. The molecular weight excluding hydrogens is 454 g/mol. The standard InChI is InChI=1S/C21H18BrN3O5/c1-3-12-8-14(22)6-7-17(12)25-19(27)15(18(26)24-21(25)30)10-23-16-9-13(20(28)29)5-4-11(16)2/h4-10,27H,3H2,1-2H3,(H,28,29)(H,24,26,30). The Bertz CT molecular complexity index is 1290. The second-order valence-corrected chi connectivity index (χ2v) is 7.44. The molecule has 3 aromatic rings. The van der Waals surface area contributed by atoms with Gasteiger partial charge < -0.3 is 10.2 Å². The highest BCUT2D eigenvalue weighted by molar-refractivity contribution is 9.10. The highest BCUT2D eigenvalue weighted by Gasteiger charge is 2.16. The van der Waals surface area contributed by atoms with Gasteiger partial charge in [-0.2, -0.15) is 0 Å². The average Bonchev–Trinajstić information content (AvgIpc) is 2.69. The lowest BCUT2D eigenvalue weighted by atomic mass is 10.1. The number of carbonyl (C=O) groups is 1. The van der Waals surface area contributed by atoms with Gasteiger partial charge >= 0.3 is 11.7 Å². The molecule has 2 aromatic carbocycles. The van der Waals surface area contributed by atoms with E-state index in [-0.39, 0.29) is 11.1 Å². The molecule has 9 heteroatoms. The molecule has 0 spiro atoms. The summed E-state index contributed by atoms with van der Waals surface area (Å²) in [6.45, 7) is 3.64. The van der Waals surface area contributed by atoms with Gasteiger partial charge in [0, 0.05) is 10.7 Å². The highest BCUT2D eigenvalue weighted by Crippen LogP contribution is 2.24. The van der Waals surface area contributed by atoms with Crippen LogP contribution in [-0.4, -0.2) is 31.9 Å². The van der Waals surface area contributed by atoms with Crippen LogP contribution in [0.4, 0.5) is 5.69 Å². The molecule has 0 atom stereocenters. The molecular formula is C21H18BrN3O5. The summed E-state index contributed by atoms with van der Waals surface area (Å²) >= 11 is 3.38. The Balaban J connectivity index is 2.17. The number of nitrogens with one attached hydrogen (secondary N) is 1. The maximum atomic E-state index is 12.4. The molecule has 0 aliphatic heterocycles. The molecule has 154 valence electrons. The van der Waals surface area contributed by atoms with Crippen LogP contribution in [0.3, 0.4) is 0 Å². The molecule has 0 unspecified atom stereocenters. The molecule has 0 saturated carbocycles. The van der Waals surface area contributed by atoms with Gasteiger partial charge in [-0.25, -0.2) is 14.2 Å². The molecule has 0 amide bonds. The van der Waals surface area contributed by atoms with Crippen LogP contribution >= 0.6 is 15.9 Å². The van der Waals surface area contributed by atoms with E-state index in [2.05, 4.69) is 25.9 Å². The number of aliphatic imine (C=N–C) groups is 1. The zero-order valence-electron chi connectivity index (χ0n) is 16.1. The van der Waals surface area contributed by atoms with Crippen LogP contribution in [0.5, 0.6) is 5.88 Å². The molecule has 3 N–H and O–H groups in total. The summed E-state index contributed by atoms with van der Waals surface area (Å²) in [5.41, 5.74) is 0.444. The van der Waals surface area contributed by atoms with Crippen molar-refractivity contribution in [1.82, 2.24) is 9.55 Å². The van der Waals surface area contributed by atoms with Crippen LogP contribution in [0.25, 0.3) is 5.69 Å². The summed E-state index contributed by atoms with van der Waals surface area (Å²) < 4.78 is 1.82. The summed E-state index contributed by atoms with van der Waals surface area (Å²) in [5, 5.41) is 19.9. The second kappa shape index (κ2) is 8.50. The Morgan fingerprint density at radius 1 is 1.23 bits per heavy atom. The fourth-order valence-corrected chi connectivity index (χ4v) is 3.36. The first-order valence-electron chi connectivity index (χ1n) is 8.98. The van der Waals surface area contributed by atoms with E-state index in [4.69, 9.17) is 5.11 Å². The Morgan fingerprint density at radius 3 is 2.63 bits per heavy atom. The number of hydrogen-bond acceptors (Lipinski definition) is 5. The molecule has 0 fully saturated rings. The molecule has 1 aromatic heterocycles. The van der Waals surface area contributed by atoms with E-state index in [1.807, 2.05) is 13.0 Å². The first-order chi connectivity index (χ1) is 14.2. The average molecular weight is 472 g/mol. The smallest absolute Gasteiger partial charge is 0.335 e. The number of benzene rings is 2. The molecule has 0 bridgehead atoms. The topological polar surface area (TPSA) is 125 Å². The summed E-state index contributed by atoms with van der Waals surface area (Å²) in [6, 6.07) is 9.60. The molecule has 0 saturated heterocycles. The van der Waals surface area contributed by atoms with Gasteiger partial charge in [-0.1, -0.05) is 28.9 Å². The van der Waals surface area contributed by atoms with Crippen molar-refractivity contribution in [3.8, 4) is 11.6 Å². The fraction of sp³-hybridized carbons (Fsp3) is 0.143. The third kappa shape index (κ3) is 4.11. The van der Waals surface area contributed by atoms with Crippen LogP contribution in [0.15, 0.2) is 55.5 Å². The second-order valence-electron chi connectivity index (χ2n) is 6.52. The number of nitrogens with zero attached hydrogens (tertiary/aromatic N) is 2. The third-order valence-electron chi connectivity index (χ3n) is 4.57. The number of carboxylic acid groups (broad SMARTS) is 1. The number of aromatic hydroxyl groups is 1. The quantitative estimate of drug-likeness (QED) is 0.492. The van der Waals surface area contributed by atoms with Gasteiger partial charge in [-0.15, -0.1) is 0 Å². The number of aryl methyl sites for hydroxylation is 2. The molecule has 1 heterocycles. The lowest BCUT2D eigenvalue weighted by Gasteiger charge is -2.13. The maximum Gasteiger partial charge on any atom is 0.335 e. The van der Waals surface area contributed by atoms with Crippen LogP contribution in [-0.2, 0) is 6.42 Å². The van der Waals surface area contributed by atoms with Gasteiger partial charge in [0.1, 0.15) is 5.56 Å². The number of aromatic nitrogens is 2. The summed E-state index contributed by atoms with van der Waals surface area (Å²) in [6.07, 6.45) is 1.70. The number of H-pyrrole nitrogens is 1. The number of carboxylic acids is 1. The Labute approximate surface area is 179 Å². The lowest BCUT2D eigenvalue weighted by molar-refractivity contribution is 0.0697. The predicted molar refractivity (Wildman–Crippen MR) is 117 cm³/mol. The number of aromatic carboxylic acids is 1. The van der Waals surface area contributed by atoms with Crippen LogP contribution in [0.1, 0.15) is 34.0 Å². The molecule has 8 nitrogen and oxygen atoms in total. The largest absolute Gasteiger partial charge is 0.493 e. The fourth-order valence-electron chi connectivity index (χ4n) is 2.95. The van der Waals surface area contributed by atoms with Gasteiger partial charge in [0.25, 0.3) is 5.56 Å². The zero-order valence-corrected chi connectivity index (χ0v) is 17.7. The molecule has 0 radical (unpaired) electrons. The van der Waals surface area contributed by atoms with E-state index in [0.717, 1.165) is 20.8 Å². The monoisotopic (exact) mass is 471 g/mol. The number of aromatic amines is 1. The minimum absolute atomic E-state index is 0.0401. The summed E-state index contributed by atoms with van der Waals surface area (Å²) in [7, 11) is 0. The SMILES string of the molecule is CCc1cc(Br)ccc1-n1c(O)c(C=Nc2cc(C(=O)O)ccc2C)c(=O)[nH]c1=O. The highest BCUT2D eigenvalue weighted by atomic mass is 79.9. The minimum Gasteiger partial charge on any atom is -0.493 e. The van der Waals surface area contributed by atoms with Crippen molar-refractivity contribution in [3.05, 3.63) is 84.0 Å². The maximum absolute atomic E-state index is 12.4. The minimum atomic E-state index is -1.11. The lowest BCUT2D eigenvalue weighted by Crippen LogP contribution is -2.31. The first-order valence-corrected chi connectivity index (χ1v) is 9.77. The first kappa shape index (κ1) is 21.3. The number of halogens is 1. The van der Waals surface area contributed by atoms with Gasteiger partial charge in [-0.05, 0) is 54.8 Å². The van der Waals surface area contributed by atoms with Crippen molar-refractivity contribution in [2.45, 2.75) is 20.3 Å². The van der Waals surface area contributed by atoms with E-state index >= 15 is 0 Å². The third-order valence-corrected chi connectivity index (χ3v) is 5.07. The van der Waals surface area contributed by atoms with E-state index in [9.17, 15) is 19.5 Å². The van der Waals surface area contributed by atoms with Gasteiger partial charge in [0.05, 0.1) is 16.9 Å². The molecule has 0 aliphatic carbocycles. The Hall–Kier alpha value is -3.46. The van der Waals surface area contributed by atoms with Crippen molar-refractivity contribution in [3.63, 3.8) is 0 Å². The van der Waals surface area contributed by atoms with E-state index in [0.29, 0.717) is 23.4 Å². The summed E-state index contributed by atoms with van der Waals surface area (Å²) in [4.78, 5) is 42.3. The van der Waals surface area contributed by atoms with Gasteiger partial charge in [0.15, 0.2) is 0 Å². The normalized spacial score (nSPS) is 11.2. The Morgan fingerprint density at radius 2 is 1.97 bits per heavy atom. The van der Waals surface area contributed by atoms with Crippen molar-refractivity contribution in [2.24, 2.45) is 4.99 Å². The molecule has 0 aliphatic rings. The van der Waals surface area contributed by atoms with Crippen LogP contribution in [0, 0.1) is 6.92 Å². The van der Waals surface area contributed by atoms with Crippen LogP contribution in [0.2, 0.25) is 0 Å². The van der Waals surface area contributed by atoms with Crippen molar-refractivity contribution in [1.29, 1.82) is 0 Å². The summed E-state index contributed by atoms with van der Waals surface area (Å²) in [5.74, 6) is -1.67. The molecule has 3 rings (SSSR count). The van der Waals surface area contributed by atoms with E-state index in [1.165, 1.54) is 12.1 Å². The Kier molecular flexibility index (Phi) is 6.02. The van der Waals surface area contributed by atoms with E-state index < -0.39 is 23.1 Å². The van der Waals surface area contributed by atoms with Crippen LogP contribution < -0.4 is 11.2 Å². The van der Waals surface area contributed by atoms with Crippen molar-refractivity contribution in [2.75, 3.05) is 0 Å². The van der Waals surface area contributed by atoms with E-state index in [1.54, 1.807) is 25.1 Å². The van der Waals surface area contributed by atoms with Crippen molar-refractivity contribution >= 4 is 33.8 Å². The zero-order chi connectivity index (χ0) is 22.0. The van der Waals surface area contributed by atoms with Crippen molar-refractivity contribution < 1.29 is 15.0 Å². The predicted octanol–water partition coefficient (Wildman–Crippen LogP) is 3.31. The molecule has 30 heavy (non-hydrogen) atoms.